The molecule has 1 amide bonds. The molecule has 0 atom stereocenters. The van der Waals surface area contributed by atoms with E-state index >= 15 is 0 Å². The molecule has 0 aliphatic heterocycles. The number of halogens is 1. The molecule has 0 radical (unpaired) electrons. The number of anilines is 3. The first-order valence-electron chi connectivity index (χ1n) is 8.81. The second-order valence-corrected chi connectivity index (χ2v) is 7.34. The van der Waals surface area contributed by atoms with Crippen LogP contribution in [0.4, 0.5) is 17.2 Å². The normalized spacial score (nSPS) is 10.7. The Kier molecular flexibility index (Phi) is 5.88. The lowest BCUT2D eigenvalue weighted by Crippen LogP contribution is -2.15. The molecule has 8 heteroatoms. The summed E-state index contributed by atoms with van der Waals surface area (Å²) in [5.41, 5.74) is 2.21. The highest BCUT2D eigenvalue weighted by Crippen LogP contribution is 2.27. The van der Waals surface area contributed by atoms with Gasteiger partial charge in [-0.25, -0.2) is 15.0 Å². The van der Waals surface area contributed by atoms with Crippen LogP contribution in [-0.2, 0) is 4.79 Å². The molecule has 6 nitrogen and oxygen atoms in total. The summed E-state index contributed by atoms with van der Waals surface area (Å²) in [6.45, 7) is 0. The zero-order valence-corrected chi connectivity index (χ0v) is 16.7. The minimum Gasteiger partial charge on any atom is -0.340 e. The highest BCUT2D eigenvalue weighted by atomic mass is 35.5. The van der Waals surface area contributed by atoms with Gasteiger partial charge in [-0.2, -0.15) is 0 Å². The highest BCUT2D eigenvalue weighted by Gasteiger charge is 2.11. The SMILES string of the molecule is O=C(CSc1nc(Nc2ccccc2)c2ccccc2n1)Nc1cccnc1Cl. The zero-order valence-electron chi connectivity index (χ0n) is 15.2. The molecule has 2 N–H and O–H groups in total. The number of aromatic nitrogens is 3. The predicted molar refractivity (Wildman–Crippen MR) is 118 cm³/mol. The van der Waals surface area contributed by atoms with Gasteiger partial charge in [-0.1, -0.05) is 53.7 Å². The van der Waals surface area contributed by atoms with E-state index in [1.54, 1.807) is 18.3 Å². The van der Waals surface area contributed by atoms with E-state index in [0.29, 0.717) is 16.7 Å². The van der Waals surface area contributed by atoms with Gasteiger partial charge in [-0.15, -0.1) is 0 Å². The Labute approximate surface area is 176 Å². The Morgan fingerprint density at radius 1 is 0.966 bits per heavy atom. The van der Waals surface area contributed by atoms with Crippen molar-refractivity contribution in [1.82, 2.24) is 15.0 Å². The van der Waals surface area contributed by atoms with E-state index in [2.05, 4.69) is 25.6 Å². The van der Waals surface area contributed by atoms with Crippen LogP contribution in [0.5, 0.6) is 0 Å². The second-order valence-electron chi connectivity index (χ2n) is 6.04. The van der Waals surface area contributed by atoms with Crippen molar-refractivity contribution in [2.24, 2.45) is 0 Å². The smallest absolute Gasteiger partial charge is 0.234 e. The average Bonchev–Trinajstić information content (AvgIpc) is 2.75. The van der Waals surface area contributed by atoms with Crippen LogP contribution in [0.1, 0.15) is 0 Å². The number of rotatable bonds is 6. The van der Waals surface area contributed by atoms with Crippen LogP contribution < -0.4 is 10.6 Å². The Hall–Kier alpha value is -3.16. The molecule has 0 saturated heterocycles. The first-order valence-corrected chi connectivity index (χ1v) is 10.2. The van der Waals surface area contributed by atoms with Crippen LogP contribution in [0.15, 0.2) is 78.1 Å². The summed E-state index contributed by atoms with van der Waals surface area (Å²) in [5, 5.41) is 7.75. The van der Waals surface area contributed by atoms with E-state index in [4.69, 9.17) is 11.6 Å². The van der Waals surface area contributed by atoms with Gasteiger partial charge in [0.2, 0.25) is 5.91 Å². The van der Waals surface area contributed by atoms with Crippen LogP contribution in [-0.4, -0.2) is 26.6 Å². The van der Waals surface area contributed by atoms with Gasteiger partial charge in [0, 0.05) is 17.3 Å². The van der Waals surface area contributed by atoms with Crippen LogP contribution in [0, 0.1) is 0 Å². The summed E-state index contributed by atoms with van der Waals surface area (Å²) in [6.07, 6.45) is 1.57. The van der Waals surface area contributed by atoms with Crippen molar-refractivity contribution in [2.75, 3.05) is 16.4 Å². The molecular formula is C21H16ClN5OS. The summed E-state index contributed by atoms with van der Waals surface area (Å²) >= 11 is 7.24. The molecule has 0 aliphatic rings. The van der Waals surface area contributed by atoms with E-state index < -0.39 is 0 Å². The fourth-order valence-corrected chi connectivity index (χ4v) is 3.49. The third-order valence-electron chi connectivity index (χ3n) is 3.98. The predicted octanol–water partition coefficient (Wildman–Crippen LogP) is 5.15. The molecule has 0 unspecified atom stereocenters. The van der Waals surface area contributed by atoms with Gasteiger partial charge in [0.1, 0.15) is 5.82 Å². The second kappa shape index (κ2) is 8.89. The number of carbonyl (C=O) groups is 1. The van der Waals surface area contributed by atoms with E-state index in [1.165, 1.54) is 11.8 Å². The lowest BCUT2D eigenvalue weighted by molar-refractivity contribution is -0.113. The van der Waals surface area contributed by atoms with Crippen molar-refractivity contribution < 1.29 is 4.79 Å². The van der Waals surface area contributed by atoms with Crippen molar-refractivity contribution in [3.63, 3.8) is 0 Å². The molecule has 4 aromatic rings. The van der Waals surface area contributed by atoms with E-state index in [9.17, 15) is 4.79 Å². The van der Waals surface area contributed by atoms with Crippen LogP contribution in [0.3, 0.4) is 0 Å². The molecule has 2 aromatic carbocycles. The number of amides is 1. The van der Waals surface area contributed by atoms with Crippen LogP contribution in [0.25, 0.3) is 10.9 Å². The van der Waals surface area contributed by atoms with Gasteiger partial charge < -0.3 is 10.6 Å². The number of nitrogens with zero attached hydrogens (tertiary/aromatic N) is 3. The molecule has 0 fully saturated rings. The van der Waals surface area contributed by atoms with Gasteiger partial charge in [-0.3, -0.25) is 4.79 Å². The van der Waals surface area contributed by atoms with Crippen LogP contribution in [0.2, 0.25) is 5.15 Å². The van der Waals surface area contributed by atoms with E-state index in [1.807, 2.05) is 54.6 Å². The monoisotopic (exact) mass is 421 g/mol. The molecule has 2 heterocycles. The number of thioether (sulfide) groups is 1. The maximum atomic E-state index is 12.3. The topological polar surface area (TPSA) is 79.8 Å². The zero-order chi connectivity index (χ0) is 20.1. The molecule has 0 bridgehead atoms. The van der Waals surface area contributed by atoms with Gasteiger partial charge >= 0.3 is 0 Å². The number of fused-ring (bicyclic) bond motifs is 1. The van der Waals surface area contributed by atoms with Crippen molar-refractivity contribution >= 4 is 57.4 Å². The van der Waals surface area contributed by atoms with Gasteiger partial charge in [0.15, 0.2) is 10.3 Å². The Morgan fingerprint density at radius 2 is 1.76 bits per heavy atom. The molecule has 144 valence electrons. The van der Waals surface area contributed by atoms with E-state index in [-0.39, 0.29) is 16.8 Å². The van der Waals surface area contributed by atoms with E-state index in [0.717, 1.165) is 16.6 Å². The number of hydrogen-bond donors (Lipinski definition) is 2. The maximum Gasteiger partial charge on any atom is 0.234 e. The first-order chi connectivity index (χ1) is 14.2. The minimum absolute atomic E-state index is 0.147. The Balaban J connectivity index is 1.53. The number of benzene rings is 2. The summed E-state index contributed by atoms with van der Waals surface area (Å²) in [4.78, 5) is 25.4. The molecule has 29 heavy (non-hydrogen) atoms. The lowest BCUT2D eigenvalue weighted by atomic mass is 10.2. The third kappa shape index (κ3) is 4.82. The van der Waals surface area contributed by atoms with Crippen LogP contribution >= 0.6 is 23.4 Å². The summed E-state index contributed by atoms with van der Waals surface area (Å²) in [6, 6.07) is 21.0. The van der Waals surface area contributed by atoms with Gasteiger partial charge in [-0.05, 0) is 36.4 Å². The number of hydrogen-bond acceptors (Lipinski definition) is 6. The molecule has 2 aromatic heterocycles. The molecule has 4 rings (SSSR count). The number of pyridine rings is 1. The lowest BCUT2D eigenvalue weighted by Gasteiger charge is -2.11. The van der Waals surface area contributed by atoms with Crippen molar-refractivity contribution in [2.45, 2.75) is 5.16 Å². The fourth-order valence-electron chi connectivity index (χ4n) is 2.67. The minimum atomic E-state index is -0.209. The molecular weight excluding hydrogens is 406 g/mol. The Morgan fingerprint density at radius 3 is 2.59 bits per heavy atom. The quantitative estimate of drug-likeness (QED) is 0.254. The highest BCUT2D eigenvalue weighted by molar-refractivity contribution is 7.99. The largest absolute Gasteiger partial charge is 0.340 e. The molecule has 0 aliphatic carbocycles. The maximum absolute atomic E-state index is 12.3. The van der Waals surface area contributed by atoms with Crippen molar-refractivity contribution in [1.29, 1.82) is 0 Å². The van der Waals surface area contributed by atoms with Crippen molar-refractivity contribution in [3.8, 4) is 0 Å². The summed E-state index contributed by atoms with van der Waals surface area (Å²) in [7, 11) is 0. The number of nitrogens with one attached hydrogen (secondary N) is 2. The summed E-state index contributed by atoms with van der Waals surface area (Å²) in [5.74, 6) is 0.633. The standard InChI is InChI=1S/C21H16ClN5OS/c22-19-17(11-6-12-23-19)25-18(28)13-29-21-26-16-10-5-4-9-15(16)20(27-21)24-14-7-2-1-3-8-14/h1-12H,13H2,(H,25,28)(H,24,26,27). The summed E-state index contributed by atoms with van der Waals surface area (Å²) < 4.78 is 0. The number of para-hydroxylation sites is 2. The number of carbonyl (C=O) groups excluding carboxylic acids is 1. The van der Waals surface area contributed by atoms with Crippen molar-refractivity contribution in [3.05, 3.63) is 78.1 Å². The van der Waals surface area contributed by atoms with Gasteiger partial charge in [0.05, 0.1) is 17.0 Å². The molecule has 0 spiro atoms. The first kappa shape index (κ1) is 19.2. The Bertz CT molecular complexity index is 1160. The average molecular weight is 422 g/mol. The molecule has 0 saturated carbocycles. The third-order valence-corrected chi connectivity index (χ3v) is 5.13. The van der Waals surface area contributed by atoms with Gasteiger partial charge in [0.25, 0.3) is 0 Å². The fraction of sp³-hybridized carbons (Fsp3) is 0.0476.